The van der Waals surface area contributed by atoms with Gasteiger partial charge in [0.25, 0.3) is 10.0 Å². The molecule has 3 rings (SSSR count). The van der Waals surface area contributed by atoms with Crippen LogP contribution in [0.3, 0.4) is 0 Å². The number of hydrogen-bond acceptors (Lipinski definition) is 5. The molecule has 0 N–H and O–H groups in total. The van der Waals surface area contributed by atoms with Gasteiger partial charge in [0.1, 0.15) is 0 Å². The highest BCUT2D eigenvalue weighted by Crippen LogP contribution is 2.31. The molecule has 2 heterocycles. The lowest BCUT2D eigenvalue weighted by Gasteiger charge is -2.41. The summed E-state index contributed by atoms with van der Waals surface area (Å²) in [6.07, 6.45) is 3.82. The first-order valence-corrected chi connectivity index (χ1v) is 8.71. The fourth-order valence-corrected chi connectivity index (χ4v) is 4.98. The zero-order valence-corrected chi connectivity index (χ0v) is 13.6. The van der Waals surface area contributed by atoms with Crippen LogP contribution in [0.1, 0.15) is 24.1 Å². The first kappa shape index (κ1) is 15.0. The van der Waals surface area contributed by atoms with Crippen molar-refractivity contribution in [2.24, 2.45) is 7.05 Å². The van der Waals surface area contributed by atoms with E-state index in [9.17, 15) is 8.42 Å². The molecule has 0 saturated carbocycles. The van der Waals surface area contributed by atoms with Crippen molar-refractivity contribution in [3.8, 4) is 0 Å². The van der Waals surface area contributed by atoms with Crippen molar-refractivity contribution in [1.82, 2.24) is 19.1 Å². The molecule has 1 fully saturated rings. The Hall–Kier alpha value is -0.960. The van der Waals surface area contributed by atoms with Crippen molar-refractivity contribution in [3.63, 3.8) is 0 Å². The van der Waals surface area contributed by atoms with Crippen LogP contribution in [-0.2, 0) is 34.8 Å². The van der Waals surface area contributed by atoms with Crippen molar-refractivity contribution in [1.29, 1.82) is 0 Å². The average molecular weight is 314 g/mol. The topological polar surface area (TPSA) is 67.7 Å². The number of hydrogen-bond donors (Lipinski definition) is 0. The predicted octanol–water partition coefficient (Wildman–Crippen LogP) is 0.165. The van der Waals surface area contributed by atoms with Crippen molar-refractivity contribution in [2.75, 3.05) is 27.2 Å². The summed E-state index contributed by atoms with van der Waals surface area (Å²) >= 11 is 0. The molecule has 21 heavy (non-hydrogen) atoms. The van der Waals surface area contributed by atoms with E-state index in [1.165, 1.54) is 4.31 Å². The Bertz CT molecular complexity index is 634. The van der Waals surface area contributed by atoms with Gasteiger partial charge < -0.3 is 4.84 Å². The number of fused-ring (bicyclic) bond motifs is 1. The van der Waals surface area contributed by atoms with Crippen LogP contribution < -0.4 is 0 Å². The minimum absolute atomic E-state index is 0.119. The van der Waals surface area contributed by atoms with E-state index in [1.54, 1.807) is 23.9 Å². The number of rotatable bonds is 4. The van der Waals surface area contributed by atoms with Crippen molar-refractivity contribution < 1.29 is 13.3 Å². The second kappa shape index (κ2) is 5.35. The lowest BCUT2D eigenvalue weighted by atomic mass is 9.99. The van der Waals surface area contributed by atoms with Crippen LogP contribution in [0.2, 0.25) is 0 Å². The molecule has 0 aromatic carbocycles. The summed E-state index contributed by atoms with van der Waals surface area (Å²) < 4.78 is 28.7. The fourth-order valence-electron chi connectivity index (χ4n) is 3.09. The van der Waals surface area contributed by atoms with Gasteiger partial charge in [0.15, 0.2) is 5.03 Å². The second-order valence-electron chi connectivity index (χ2n) is 5.77. The Morgan fingerprint density at radius 1 is 1.29 bits per heavy atom. The van der Waals surface area contributed by atoms with Crippen LogP contribution in [0, 0.1) is 0 Å². The third-order valence-electron chi connectivity index (χ3n) is 4.48. The standard InChI is InChI=1S/C13H22N4O3S/c1-15-13(11-6-4-5-7-12(11)14-15)21(18,19)17-8-10(9-17)16(2)20-3/h10H,4-9H2,1-3H3. The highest BCUT2D eigenvalue weighted by Gasteiger charge is 2.42. The molecule has 0 radical (unpaired) electrons. The van der Waals surface area contributed by atoms with E-state index in [2.05, 4.69) is 5.10 Å². The minimum Gasteiger partial charge on any atom is -0.302 e. The van der Waals surface area contributed by atoms with Gasteiger partial charge in [-0.25, -0.2) is 8.42 Å². The fraction of sp³-hybridized carbons (Fsp3) is 0.769. The summed E-state index contributed by atoms with van der Waals surface area (Å²) in [5, 5.41) is 6.49. The van der Waals surface area contributed by atoms with Crippen molar-refractivity contribution in [2.45, 2.75) is 36.8 Å². The zero-order chi connectivity index (χ0) is 15.2. The highest BCUT2D eigenvalue weighted by atomic mass is 32.2. The average Bonchev–Trinajstić information content (AvgIpc) is 2.72. The maximum Gasteiger partial charge on any atom is 0.260 e. The van der Waals surface area contributed by atoms with E-state index in [0.717, 1.165) is 36.9 Å². The Kier molecular flexibility index (Phi) is 3.81. The molecule has 118 valence electrons. The Morgan fingerprint density at radius 3 is 2.62 bits per heavy atom. The number of likely N-dealkylation sites (N-methyl/N-ethyl adjacent to an activating group) is 1. The van der Waals surface area contributed by atoms with Gasteiger partial charge >= 0.3 is 0 Å². The second-order valence-corrected chi connectivity index (χ2v) is 7.62. The molecule has 1 aromatic heterocycles. The van der Waals surface area contributed by atoms with Crippen LogP contribution in [-0.4, -0.2) is 60.9 Å². The summed E-state index contributed by atoms with van der Waals surface area (Å²) in [7, 11) is 1.68. The monoisotopic (exact) mass is 314 g/mol. The molecular weight excluding hydrogens is 292 g/mol. The minimum atomic E-state index is -3.45. The highest BCUT2D eigenvalue weighted by molar-refractivity contribution is 7.89. The maximum atomic E-state index is 12.8. The summed E-state index contributed by atoms with van der Waals surface area (Å²) in [5.74, 6) is 0. The van der Waals surface area contributed by atoms with Crippen LogP contribution in [0.15, 0.2) is 5.03 Å². The SMILES string of the molecule is CON(C)C1CN(S(=O)(=O)c2c3c(nn2C)CCCC3)C1. The zero-order valence-electron chi connectivity index (χ0n) is 12.7. The van der Waals surface area contributed by atoms with Crippen molar-refractivity contribution in [3.05, 3.63) is 11.3 Å². The number of hydroxylamine groups is 2. The van der Waals surface area contributed by atoms with Gasteiger partial charge in [0.05, 0.1) is 18.8 Å². The first-order chi connectivity index (χ1) is 9.95. The molecule has 2 aliphatic rings. The molecule has 8 heteroatoms. The smallest absolute Gasteiger partial charge is 0.260 e. The largest absolute Gasteiger partial charge is 0.302 e. The number of aromatic nitrogens is 2. The Morgan fingerprint density at radius 2 is 1.95 bits per heavy atom. The third kappa shape index (κ3) is 2.40. The molecule has 1 aromatic rings. The van der Waals surface area contributed by atoms with Gasteiger partial charge in [-0.3, -0.25) is 4.68 Å². The van der Waals surface area contributed by atoms with E-state index < -0.39 is 10.0 Å². The van der Waals surface area contributed by atoms with Crippen LogP contribution in [0.4, 0.5) is 0 Å². The summed E-state index contributed by atoms with van der Waals surface area (Å²) in [6, 6.07) is 0.119. The Balaban J connectivity index is 1.85. The third-order valence-corrected chi connectivity index (χ3v) is 6.45. The van der Waals surface area contributed by atoms with E-state index >= 15 is 0 Å². The Labute approximate surface area is 125 Å². The van der Waals surface area contributed by atoms with Crippen molar-refractivity contribution >= 4 is 10.0 Å². The molecule has 0 unspecified atom stereocenters. The maximum absolute atomic E-state index is 12.8. The predicted molar refractivity (Wildman–Crippen MR) is 77.2 cm³/mol. The lowest BCUT2D eigenvalue weighted by Crippen LogP contribution is -2.59. The van der Waals surface area contributed by atoms with Gasteiger partial charge in [0, 0.05) is 32.7 Å². The molecule has 7 nitrogen and oxygen atoms in total. The summed E-state index contributed by atoms with van der Waals surface area (Å²) in [5.41, 5.74) is 1.88. The number of aryl methyl sites for hydroxylation is 2. The molecule has 1 aliphatic heterocycles. The van der Waals surface area contributed by atoms with Crippen LogP contribution in [0.25, 0.3) is 0 Å². The normalized spacial score (nSPS) is 20.6. The van der Waals surface area contributed by atoms with Gasteiger partial charge in [0.2, 0.25) is 0 Å². The molecule has 0 amide bonds. The molecular formula is C13H22N4O3S. The first-order valence-electron chi connectivity index (χ1n) is 7.27. The molecule has 1 saturated heterocycles. The summed E-state index contributed by atoms with van der Waals surface area (Å²) in [4.78, 5) is 5.11. The van der Waals surface area contributed by atoms with E-state index in [0.29, 0.717) is 18.1 Å². The van der Waals surface area contributed by atoms with E-state index in [-0.39, 0.29) is 6.04 Å². The van der Waals surface area contributed by atoms with E-state index in [1.807, 2.05) is 7.05 Å². The van der Waals surface area contributed by atoms with Gasteiger partial charge in [-0.2, -0.15) is 14.5 Å². The summed E-state index contributed by atoms with van der Waals surface area (Å²) in [6.45, 7) is 0.930. The number of nitrogens with zero attached hydrogens (tertiary/aromatic N) is 4. The number of sulfonamides is 1. The molecule has 0 atom stereocenters. The van der Waals surface area contributed by atoms with Gasteiger partial charge in [-0.05, 0) is 25.7 Å². The molecule has 0 spiro atoms. The quantitative estimate of drug-likeness (QED) is 0.741. The molecule has 1 aliphatic carbocycles. The lowest BCUT2D eigenvalue weighted by molar-refractivity contribution is -0.163. The van der Waals surface area contributed by atoms with Crippen LogP contribution >= 0.6 is 0 Å². The van der Waals surface area contributed by atoms with E-state index in [4.69, 9.17) is 4.84 Å². The van der Waals surface area contributed by atoms with Crippen LogP contribution in [0.5, 0.6) is 0 Å². The molecule has 0 bridgehead atoms. The van der Waals surface area contributed by atoms with Gasteiger partial charge in [-0.15, -0.1) is 0 Å². The van der Waals surface area contributed by atoms with Gasteiger partial charge in [-0.1, -0.05) is 0 Å².